The van der Waals surface area contributed by atoms with Gasteiger partial charge in [0.2, 0.25) is 5.91 Å². The quantitative estimate of drug-likeness (QED) is 0.644. The van der Waals surface area contributed by atoms with Gasteiger partial charge in [-0.15, -0.1) is 0 Å². The molecule has 8 heteroatoms. The van der Waals surface area contributed by atoms with E-state index in [9.17, 15) is 9.59 Å². The third-order valence-electron chi connectivity index (χ3n) is 5.54. The molecular weight excluding hydrogens is 426 g/mol. The lowest BCUT2D eigenvalue weighted by atomic mass is 10.1. The van der Waals surface area contributed by atoms with Gasteiger partial charge in [0.25, 0.3) is 5.91 Å². The Morgan fingerprint density at radius 1 is 1.00 bits per heavy atom. The van der Waals surface area contributed by atoms with Crippen molar-refractivity contribution in [3.8, 4) is 5.69 Å². The van der Waals surface area contributed by atoms with Crippen LogP contribution in [0.1, 0.15) is 21.7 Å². The van der Waals surface area contributed by atoms with Gasteiger partial charge in [-0.2, -0.15) is 5.10 Å². The van der Waals surface area contributed by atoms with Crippen LogP contribution in [0.5, 0.6) is 0 Å². The van der Waals surface area contributed by atoms with E-state index in [0.29, 0.717) is 42.5 Å². The predicted molar refractivity (Wildman–Crippen MR) is 125 cm³/mol. The summed E-state index contributed by atoms with van der Waals surface area (Å²) in [5.41, 5.74) is 4.20. The van der Waals surface area contributed by atoms with Crippen LogP contribution in [0.2, 0.25) is 5.02 Å². The molecule has 1 fully saturated rings. The summed E-state index contributed by atoms with van der Waals surface area (Å²) in [7, 11) is 0. The van der Waals surface area contributed by atoms with Gasteiger partial charge in [0, 0.05) is 37.4 Å². The number of carbonyl (C=O) groups excluding carboxylic acids is 2. The van der Waals surface area contributed by atoms with Crippen molar-refractivity contribution in [2.75, 3.05) is 38.0 Å². The molecule has 0 atom stereocenters. The maximum Gasteiger partial charge on any atom is 0.253 e. The number of hydrogen-bond acceptors (Lipinski definition) is 4. The average molecular weight is 452 g/mol. The van der Waals surface area contributed by atoms with Crippen molar-refractivity contribution in [2.45, 2.75) is 13.8 Å². The van der Waals surface area contributed by atoms with Crippen LogP contribution in [0.3, 0.4) is 0 Å². The fourth-order valence-electron chi connectivity index (χ4n) is 3.88. The lowest BCUT2D eigenvalue weighted by molar-refractivity contribution is -0.117. The number of benzene rings is 2. The zero-order valence-electron chi connectivity index (χ0n) is 18.2. The lowest BCUT2D eigenvalue weighted by Crippen LogP contribution is -2.50. The van der Waals surface area contributed by atoms with Crippen molar-refractivity contribution < 1.29 is 9.59 Å². The number of aromatic nitrogens is 2. The van der Waals surface area contributed by atoms with Crippen LogP contribution in [0, 0.1) is 13.8 Å². The number of para-hydroxylation sites is 1. The van der Waals surface area contributed by atoms with Crippen LogP contribution >= 0.6 is 11.6 Å². The van der Waals surface area contributed by atoms with Gasteiger partial charge in [0.1, 0.15) is 0 Å². The average Bonchev–Trinajstić information content (AvgIpc) is 3.13. The molecule has 1 aliphatic rings. The summed E-state index contributed by atoms with van der Waals surface area (Å²) in [4.78, 5) is 29.1. The fraction of sp³-hybridized carbons (Fsp3) is 0.292. The largest absolute Gasteiger partial charge is 0.336 e. The first-order valence-corrected chi connectivity index (χ1v) is 11.0. The molecule has 32 heavy (non-hydrogen) atoms. The normalized spacial score (nSPS) is 14.4. The molecule has 0 bridgehead atoms. The van der Waals surface area contributed by atoms with Gasteiger partial charge in [-0.1, -0.05) is 23.7 Å². The minimum Gasteiger partial charge on any atom is -0.336 e. The Balaban J connectivity index is 1.30. The first kappa shape index (κ1) is 22.0. The summed E-state index contributed by atoms with van der Waals surface area (Å²) in [6.07, 6.45) is 0. The molecule has 1 aromatic heterocycles. The Morgan fingerprint density at radius 3 is 2.31 bits per heavy atom. The molecule has 1 N–H and O–H groups in total. The number of halogens is 1. The minimum atomic E-state index is -0.113. The van der Waals surface area contributed by atoms with Gasteiger partial charge in [0.15, 0.2) is 0 Å². The topological polar surface area (TPSA) is 70.5 Å². The van der Waals surface area contributed by atoms with Crippen LogP contribution in [-0.2, 0) is 4.79 Å². The molecule has 0 saturated carbocycles. The lowest BCUT2D eigenvalue weighted by Gasteiger charge is -2.34. The molecule has 3 aromatic rings. The van der Waals surface area contributed by atoms with Gasteiger partial charge in [-0.25, -0.2) is 4.68 Å². The van der Waals surface area contributed by atoms with E-state index in [2.05, 4.69) is 10.4 Å². The Morgan fingerprint density at radius 2 is 1.69 bits per heavy atom. The van der Waals surface area contributed by atoms with Crippen molar-refractivity contribution in [1.29, 1.82) is 0 Å². The zero-order chi connectivity index (χ0) is 22.7. The Hall–Kier alpha value is -3.16. The molecule has 0 unspecified atom stereocenters. The van der Waals surface area contributed by atoms with E-state index in [4.69, 9.17) is 11.6 Å². The second-order valence-corrected chi connectivity index (χ2v) is 8.39. The van der Waals surface area contributed by atoms with Gasteiger partial charge >= 0.3 is 0 Å². The molecular formula is C24H26ClN5O2. The first-order valence-electron chi connectivity index (χ1n) is 10.6. The van der Waals surface area contributed by atoms with Gasteiger partial charge in [-0.3, -0.25) is 14.5 Å². The monoisotopic (exact) mass is 451 g/mol. The number of carbonyl (C=O) groups is 2. The van der Waals surface area contributed by atoms with E-state index >= 15 is 0 Å². The third-order valence-corrected chi connectivity index (χ3v) is 5.87. The van der Waals surface area contributed by atoms with Crippen molar-refractivity contribution in [3.05, 3.63) is 76.6 Å². The first-order chi connectivity index (χ1) is 15.4. The van der Waals surface area contributed by atoms with Crippen LogP contribution < -0.4 is 5.32 Å². The highest BCUT2D eigenvalue weighted by Gasteiger charge is 2.23. The number of nitrogens with one attached hydrogen (secondary N) is 1. The van der Waals surface area contributed by atoms with E-state index in [0.717, 1.165) is 17.1 Å². The number of aryl methyl sites for hydroxylation is 2. The molecule has 2 aromatic carbocycles. The zero-order valence-corrected chi connectivity index (χ0v) is 19.0. The molecule has 1 aliphatic heterocycles. The number of hydrogen-bond donors (Lipinski definition) is 1. The Bertz CT molecular complexity index is 1120. The van der Waals surface area contributed by atoms with Crippen molar-refractivity contribution >= 4 is 29.1 Å². The van der Waals surface area contributed by atoms with E-state index < -0.39 is 0 Å². The predicted octanol–water partition coefficient (Wildman–Crippen LogP) is 3.54. The summed E-state index contributed by atoms with van der Waals surface area (Å²) >= 11 is 6.10. The standard InChI is InChI=1S/C24H26ClN5O2/c1-17-15-18(2)30(27-17)20-9-7-19(8-10-20)24(32)29-13-11-28(12-14-29)16-23(31)26-22-6-4-3-5-21(22)25/h3-10,15H,11-14,16H2,1-2H3,(H,26,31). The van der Waals surface area contributed by atoms with Gasteiger partial charge in [0.05, 0.1) is 28.6 Å². The maximum atomic E-state index is 12.9. The summed E-state index contributed by atoms with van der Waals surface area (Å²) < 4.78 is 1.87. The highest BCUT2D eigenvalue weighted by Crippen LogP contribution is 2.20. The van der Waals surface area contributed by atoms with Crippen LogP contribution in [0.25, 0.3) is 5.69 Å². The molecule has 166 valence electrons. The third kappa shape index (κ3) is 5.00. The molecule has 7 nitrogen and oxygen atoms in total. The Labute approximate surface area is 192 Å². The number of anilines is 1. The number of piperazine rings is 1. The summed E-state index contributed by atoms with van der Waals surface area (Å²) in [6.45, 7) is 6.69. The fourth-order valence-corrected chi connectivity index (χ4v) is 4.07. The van der Waals surface area contributed by atoms with Crippen molar-refractivity contribution in [1.82, 2.24) is 19.6 Å². The van der Waals surface area contributed by atoms with Crippen LogP contribution in [0.15, 0.2) is 54.6 Å². The Kier molecular flexibility index (Phi) is 6.58. The highest BCUT2D eigenvalue weighted by atomic mass is 35.5. The molecule has 2 amide bonds. The smallest absolute Gasteiger partial charge is 0.253 e. The summed E-state index contributed by atoms with van der Waals surface area (Å²) in [5, 5.41) is 7.84. The molecule has 0 aliphatic carbocycles. The second-order valence-electron chi connectivity index (χ2n) is 7.98. The second kappa shape index (κ2) is 9.54. The van der Waals surface area contributed by atoms with Crippen LogP contribution in [-0.4, -0.2) is 64.1 Å². The van der Waals surface area contributed by atoms with Crippen molar-refractivity contribution in [3.63, 3.8) is 0 Å². The SMILES string of the molecule is Cc1cc(C)n(-c2ccc(C(=O)N3CCN(CC(=O)Nc4ccccc4Cl)CC3)cc2)n1. The van der Waals surface area contributed by atoms with Crippen molar-refractivity contribution in [2.24, 2.45) is 0 Å². The summed E-state index contributed by atoms with van der Waals surface area (Å²) in [6, 6.07) is 16.7. The molecule has 1 saturated heterocycles. The van der Waals surface area contributed by atoms with E-state index in [1.54, 1.807) is 12.1 Å². The highest BCUT2D eigenvalue weighted by molar-refractivity contribution is 6.33. The number of rotatable bonds is 5. The van der Waals surface area contributed by atoms with E-state index in [1.165, 1.54) is 0 Å². The maximum absolute atomic E-state index is 12.9. The number of amides is 2. The molecule has 0 spiro atoms. The van der Waals surface area contributed by atoms with E-state index in [1.807, 2.05) is 70.8 Å². The molecule has 2 heterocycles. The van der Waals surface area contributed by atoms with Crippen LogP contribution in [0.4, 0.5) is 5.69 Å². The molecule has 4 rings (SSSR count). The van der Waals surface area contributed by atoms with Gasteiger partial charge in [-0.05, 0) is 56.3 Å². The molecule has 0 radical (unpaired) electrons. The van der Waals surface area contributed by atoms with Gasteiger partial charge < -0.3 is 10.2 Å². The number of nitrogens with zero attached hydrogens (tertiary/aromatic N) is 4. The summed E-state index contributed by atoms with van der Waals surface area (Å²) in [5.74, 6) is -0.109. The van der Waals surface area contributed by atoms with E-state index in [-0.39, 0.29) is 18.4 Å². The minimum absolute atomic E-state index is 0.00471.